The Balaban J connectivity index is 2.38. The SMILES string of the molecule is C=COC1CC(=O)N1CCO[Si](C)(C)C(C)(C)C. The molecule has 0 spiro atoms. The third kappa shape index (κ3) is 3.35. The van der Waals surface area contributed by atoms with Crippen LogP contribution in [0.5, 0.6) is 0 Å². The van der Waals surface area contributed by atoms with Crippen molar-refractivity contribution in [2.24, 2.45) is 0 Å². The van der Waals surface area contributed by atoms with Gasteiger partial charge in [-0.2, -0.15) is 0 Å². The first-order valence-electron chi connectivity index (χ1n) is 6.39. The summed E-state index contributed by atoms with van der Waals surface area (Å²) < 4.78 is 11.3. The number of β-lactam (4-membered cyclic amide) rings is 1. The van der Waals surface area contributed by atoms with Gasteiger partial charge in [0.25, 0.3) is 0 Å². The van der Waals surface area contributed by atoms with Gasteiger partial charge < -0.3 is 14.1 Å². The molecule has 0 aromatic heterocycles. The van der Waals surface area contributed by atoms with E-state index in [0.717, 1.165) is 0 Å². The summed E-state index contributed by atoms with van der Waals surface area (Å²) in [6.07, 6.45) is 1.70. The zero-order valence-corrected chi connectivity index (χ0v) is 13.2. The average Bonchev–Trinajstić information content (AvgIpc) is 2.22. The fraction of sp³-hybridized carbons (Fsp3) is 0.769. The van der Waals surface area contributed by atoms with E-state index in [1.807, 2.05) is 0 Å². The van der Waals surface area contributed by atoms with Crippen LogP contribution in [0.25, 0.3) is 0 Å². The molecule has 0 aromatic rings. The molecule has 5 heteroatoms. The molecule has 104 valence electrons. The highest BCUT2D eigenvalue weighted by molar-refractivity contribution is 6.74. The highest BCUT2D eigenvalue weighted by Gasteiger charge is 2.39. The summed E-state index contributed by atoms with van der Waals surface area (Å²) in [6.45, 7) is 15.7. The van der Waals surface area contributed by atoms with Gasteiger partial charge in [-0.05, 0) is 18.1 Å². The molecule has 1 saturated heterocycles. The first-order chi connectivity index (χ1) is 8.19. The van der Waals surface area contributed by atoms with E-state index in [2.05, 4.69) is 40.4 Å². The number of carbonyl (C=O) groups excluding carboxylic acids is 1. The zero-order valence-electron chi connectivity index (χ0n) is 12.2. The summed E-state index contributed by atoms with van der Waals surface area (Å²) in [7, 11) is -1.72. The fourth-order valence-electron chi connectivity index (χ4n) is 1.54. The Morgan fingerprint density at radius 3 is 2.56 bits per heavy atom. The van der Waals surface area contributed by atoms with Gasteiger partial charge in [0.05, 0.1) is 19.3 Å². The van der Waals surface area contributed by atoms with Crippen molar-refractivity contribution in [2.45, 2.75) is 51.6 Å². The lowest BCUT2D eigenvalue weighted by Gasteiger charge is -2.41. The number of hydrogen-bond acceptors (Lipinski definition) is 3. The third-order valence-corrected chi connectivity index (χ3v) is 8.41. The van der Waals surface area contributed by atoms with Gasteiger partial charge in [-0.1, -0.05) is 27.4 Å². The lowest BCUT2D eigenvalue weighted by molar-refractivity contribution is -0.166. The lowest BCUT2D eigenvalue weighted by atomic mass is 10.1. The molecule has 4 nitrogen and oxygen atoms in total. The van der Waals surface area contributed by atoms with Crippen molar-refractivity contribution in [1.29, 1.82) is 0 Å². The standard InChI is InChI=1S/C13H25NO3Si/c1-7-16-12-10-11(15)14(12)8-9-17-18(5,6)13(2,3)4/h7,12H,1,8-10H2,2-6H3. The second-order valence-electron chi connectivity index (χ2n) is 6.16. The molecule has 1 heterocycles. The third-order valence-electron chi connectivity index (χ3n) is 3.87. The number of hydrogen-bond donors (Lipinski definition) is 0. The van der Waals surface area contributed by atoms with Crippen LogP contribution in [0.2, 0.25) is 18.1 Å². The summed E-state index contributed by atoms with van der Waals surface area (Å²) in [5, 5.41) is 0.197. The highest BCUT2D eigenvalue weighted by Crippen LogP contribution is 2.36. The fourth-order valence-corrected chi connectivity index (χ4v) is 2.58. The van der Waals surface area contributed by atoms with Crippen molar-refractivity contribution in [2.75, 3.05) is 13.2 Å². The van der Waals surface area contributed by atoms with Crippen molar-refractivity contribution < 1.29 is 14.0 Å². The van der Waals surface area contributed by atoms with Gasteiger partial charge >= 0.3 is 0 Å². The predicted octanol–water partition coefficient (Wildman–Crippen LogP) is 2.73. The Morgan fingerprint density at radius 2 is 2.11 bits per heavy atom. The van der Waals surface area contributed by atoms with Crippen LogP contribution in [-0.4, -0.2) is 38.5 Å². The molecule has 0 aliphatic carbocycles. The van der Waals surface area contributed by atoms with E-state index in [1.165, 1.54) is 6.26 Å². The first kappa shape index (κ1) is 15.2. The Labute approximate surface area is 111 Å². The zero-order chi connectivity index (χ0) is 14.0. The summed E-state index contributed by atoms with van der Waals surface area (Å²) in [5.41, 5.74) is 0. The van der Waals surface area contributed by atoms with Gasteiger partial charge in [0.2, 0.25) is 5.91 Å². The van der Waals surface area contributed by atoms with Crippen LogP contribution in [-0.2, 0) is 14.0 Å². The molecule has 1 amide bonds. The minimum absolute atomic E-state index is 0.126. The molecular weight excluding hydrogens is 246 g/mol. The average molecular weight is 271 g/mol. The molecule has 1 fully saturated rings. The van der Waals surface area contributed by atoms with E-state index in [4.69, 9.17) is 9.16 Å². The maximum absolute atomic E-state index is 11.4. The van der Waals surface area contributed by atoms with Crippen LogP contribution < -0.4 is 0 Å². The number of rotatable bonds is 6. The minimum atomic E-state index is -1.72. The molecule has 0 radical (unpaired) electrons. The van der Waals surface area contributed by atoms with Crippen LogP contribution in [0, 0.1) is 0 Å². The molecule has 0 saturated carbocycles. The smallest absolute Gasteiger partial charge is 0.231 e. The number of likely N-dealkylation sites (tertiary alicyclic amines) is 1. The monoisotopic (exact) mass is 271 g/mol. The van der Waals surface area contributed by atoms with Crippen molar-refractivity contribution in [3.05, 3.63) is 12.8 Å². The Morgan fingerprint density at radius 1 is 1.50 bits per heavy atom. The van der Waals surface area contributed by atoms with Crippen molar-refractivity contribution in [1.82, 2.24) is 4.90 Å². The van der Waals surface area contributed by atoms with Crippen LogP contribution in [0.15, 0.2) is 12.8 Å². The second kappa shape index (κ2) is 5.44. The topological polar surface area (TPSA) is 38.8 Å². The van der Waals surface area contributed by atoms with Crippen molar-refractivity contribution >= 4 is 14.2 Å². The lowest BCUT2D eigenvalue weighted by Crippen LogP contribution is -2.55. The Bertz CT molecular complexity index is 321. The highest BCUT2D eigenvalue weighted by atomic mass is 28.4. The van der Waals surface area contributed by atoms with E-state index in [0.29, 0.717) is 19.6 Å². The van der Waals surface area contributed by atoms with Crippen molar-refractivity contribution in [3.8, 4) is 0 Å². The van der Waals surface area contributed by atoms with Crippen molar-refractivity contribution in [3.63, 3.8) is 0 Å². The molecule has 1 atom stereocenters. The summed E-state index contributed by atoms with van der Waals surface area (Å²) >= 11 is 0. The van der Waals surface area contributed by atoms with Gasteiger partial charge in [0.15, 0.2) is 14.5 Å². The molecule has 1 aliphatic heterocycles. The maximum Gasteiger partial charge on any atom is 0.231 e. The molecular formula is C13H25NO3Si. The van der Waals surface area contributed by atoms with E-state index < -0.39 is 8.32 Å². The first-order valence-corrected chi connectivity index (χ1v) is 9.29. The van der Waals surface area contributed by atoms with E-state index in [-0.39, 0.29) is 17.2 Å². The molecule has 0 N–H and O–H groups in total. The molecule has 0 bridgehead atoms. The van der Waals surface area contributed by atoms with Gasteiger partial charge in [-0.3, -0.25) is 4.79 Å². The van der Waals surface area contributed by atoms with Gasteiger partial charge in [-0.15, -0.1) is 0 Å². The number of amides is 1. The molecule has 0 aromatic carbocycles. The van der Waals surface area contributed by atoms with E-state index in [9.17, 15) is 4.79 Å². The number of ether oxygens (including phenoxy) is 1. The van der Waals surface area contributed by atoms with Crippen LogP contribution in [0.3, 0.4) is 0 Å². The molecule has 18 heavy (non-hydrogen) atoms. The largest absolute Gasteiger partial charge is 0.478 e. The summed E-state index contributed by atoms with van der Waals surface area (Å²) in [6, 6.07) is 0. The van der Waals surface area contributed by atoms with Crippen LogP contribution >= 0.6 is 0 Å². The van der Waals surface area contributed by atoms with Gasteiger partial charge in [0, 0.05) is 6.54 Å². The molecule has 1 rings (SSSR count). The Kier molecular flexibility index (Phi) is 4.61. The molecule has 1 unspecified atom stereocenters. The van der Waals surface area contributed by atoms with Gasteiger partial charge in [-0.25, -0.2) is 0 Å². The molecule has 1 aliphatic rings. The van der Waals surface area contributed by atoms with Crippen LogP contribution in [0.1, 0.15) is 27.2 Å². The Hall–Kier alpha value is -0.813. The minimum Gasteiger partial charge on any atom is -0.478 e. The predicted molar refractivity (Wildman–Crippen MR) is 74.5 cm³/mol. The summed E-state index contributed by atoms with van der Waals surface area (Å²) in [5.74, 6) is 0.126. The number of nitrogens with zero attached hydrogens (tertiary/aromatic N) is 1. The van der Waals surface area contributed by atoms with Gasteiger partial charge in [0.1, 0.15) is 0 Å². The maximum atomic E-state index is 11.4. The quantitative estimate of drug-likeness (QED) is 0.423. The van der Waals surface area contributed by atoms with E-state index >= 15 is 0 Å². The second-order valence-corrected chi connectivity index (χ2v) is 11.0. The normalized spacial score (nSPS) is 20.6. The van der Waals surface area contributed by atoms with E-state index in [1.54, 1.807) is 4.90 Å². The van der Waals surface area contributed by atoms with Crippen LogP contribution in [0.4, 0.5) is 0 Å². The number of carbonyl (C=O) groups is 1. The summed E-state index contributed by atoms with van der Waals surface area (Å²) in [4.78, 5) is 13.1.